The van der Waals surface area contributed by atoms with Gasteiger partial charge in [-0.05, 0) is 24.3 Å². The van der Waals surface area contributed by atoms with Crippen molar-refractivity contribution in [3.05, 3.63) is 60.4 Å². The molecule has 0 spiro atoms. The number of carbonyl (C=O) groups excluding carboxylic acids is 2. The van der Waals surface area contributed by atoms with Gasteiger partial charge in [0.15, 0.2) is 0 Å². The molecular formula is C26H28FN7O5. The Morgan fingerprint density at radius 2 is 2.10 bits per heavy atom. The number of hydrogen-bond donors (Lipinski definition) is 0. The van der Waals surface area contributed by atoms with Gasteiger partial charge >= 0.3 is 6.09 Å². The average molecular weight is 538 g/mol. The summed E-state index contributed by atoms with van der Waals surface area (Å²) in [5, 5.41) is 7.63. The molecule has 2 amide bonds. The Balaban J connectivity index is 1.20. The van der Waals surface area contributed by atoms with Crippen LogP contribution in [0.4, 0.5) is 14.9 Å². The van der Waals surface area contributed by atoms with E-state index in [1.54, 1.807) is 61.6 Å². The number of rotatable bonds is 9. The molecule has 204 valence electrons. The van der Waals surface area contributed by atoms with E-state index in [4.69, 9.17) is 14.2 Å². The summed E-state index contributed by atoms with van der Waals surface area (Å²) in [5.41, 5.74) is 2.76. The number of anilines is 1. The fourth-order valence-corrected chi connectivity index (χ4v) is 4.26. The van der Waals surface area contributed by atoms with Gasteiger partial charge in [-0.15, -0.1) is 5.10 Å². The standard InChI is InChI=1S/C26H28FN7O5/c1-32(2)25(35)15-37-14-19-10-24(29-16-38-19)23-6-3-17(11-28-23)21-5-4-18(9-22(21)27)34-13-20(39-26(34)36)12-33-8-7-30-31-33/h3-9,11,19-20H,10,12-16H2,1-2H3/t19-,20-/m0/s1. The molecular weight excluding hydrogens is 509 g/mol. The summed E-state index contributed by atoms with van der Waals surface area (Å²) in [6.07, 6.45) is 4.10. The molecule has 0 saturated carbocycles. The van der Waals surface area contributed by atoms with Crippen molar-refractivity contribution < 1.29 is 28.2 Å². The van der Waals surface area contributed by atoms with Gasteiger partial charge in [-0.2, -0.15) is 0 Å². The molecule has 12 nitrogen and oxygen atoms in total. The number of benzene rings is 1. The summed E-state index contributed by atoms with van der Waals surface area (Å²) in [4.78, 5) is 35.8. The minimum absolute atomic E-state index is 0.0147. The van der Waals surface area contributed by atoms with Crippen LogP contribution in [-0.4, -0.2) is 95.4 Å². The molecule has 4 heterocycles. The van der Waals surface area contributed by atoms with Crippen LogP contribution in [0.15, 0.2) is 53.9 Å². The second-order valence-electron chi connectivity index (χ2n) is 9.37. The van der Waals surface area contributed by atoms with Crippen molar-refractivity contribution in [3.8, 4) is 11.1 Å². The minimum atomic E-state index is -0.538. The SMILES string of the molecule is CN(C)C(=O)COC[C@@H]1CC(c2ccc(-c3ccc(N4C[C@H](Cn5ccnn5)OC4=O)cc3F)cn2)=NCO1. The lowest BCUT2D eigenvalue weighted by Gasteiger charge is -2.22. The molecule has 3 aromatic rings. The van der Waals surface area contributed by atoms with Crippen LogP contribution in [0.25, 0.3) is 11.1 Å². The van der Waals surface area contributed by atoms with Crippen LogP contribution in [0.1, 0.15) is 12.1 Å². The number of pyridine rings is 1. The van der Waals surface area contributed by atoms with Gasteiger partial charge in [0.25, 0.3) is 0 Å². The third kappa shape index (κ3) is 6.26. The van der Waals surface area contributed by atoms with Gasteiger partial charge in [0.2, 0.25) is 5.91 Å². The summed E-state index contributed by atoms with van der Waals surface area (Å²) in [5.74, 6) is -0.604. The van der Waals surface area contributed by atoms with Crippen molar-refractivity contribution in [3.63, 3.8) is 0 Å². The fourth-order valence-electron chi connectivity index (χ4n) is 4.26. The van der Waals surface area contributed by atoms with E-state index < -0.39 is 18.0 Å². The highest BCUT2D eigenvalue weighted by Crippen LogP contribution is 2.29. The van der Waals surface area contributed by atoms with Crippen LogP contribution in [-0.2, 0) is 25.5 Å². The van der Waals surface area contributed by atoms with Crippen LogP contribution < -0.4 is 4.90 Å². The van der Waals surface area contributed by atoms with Crippen LogP contribution in [0.5, 0.6) is 0 Å². The Morgan fingerprint density at radius 1 is 1.23 bits per heavy atom. The number of ether oxygens (including phenoxy) is 3. The summed E-state index contributed by atoms with van der Waals surface area (Å²) in [7, 11) is 3.34. The van der Waals surface area contributed by atoms with Crippen molar-refractivity contribution in [1.82, 2.24) is 24.9 Å². The first-order valence-electron chi connectivity index (χ1n) is 12.4. The molecule has 39 heavy (non-hydrogen) atoms. The molecule has 2 aliphatic rings. The third-order valence-corrected chi connectivity index (χ3v) is 6.39. The summed E-state index contributed by atoms with van der Waals surface area (Å²) in [6.45, 7) is 1.06. The van der Waals surface area contributed by atoms with Gasteiger partial charge in [-0.25, -0.2) is 13.9 Å². The Labute approximate surface area is 224 Å². The van der Waals surface area contributed by atoms with Gasteiger partial charge in [0.1, 0.15) is 25.3 Å². The van der Waals surface area contributed by atoms with Gasteiger partial charge in [-0.3, -0.25) is 19.7 Å². The molecule has 2 aliphatic heterocycles. The molecule has 0 radical (unpaired) electrons. The van der Waals surface area contributed by atoms with E-state index in [0.717, 1.165) is 5.71 Å². The normalized spacial score (nSPS) is 19.1. The van der Waals surface area contributed by atoms with Gasteiger partial charge < -0.3 is 19.1 Å². The van der Waals surface area contributed by atoms with E-state index >= 15 is 4.39 Å². The second kappa shape index (κ2) is 11.7. The lowest BCUT2D eigenvalue weighted by atomic mass is 10.0. The highest BCUT2D eigenvalue weighted by atomic mass is 19.1. The first kappa shape index (κ1) is 26.4. The van der Waals surface area contributed by atoms with Gasteiger partial charge in [0, 0.05) is 44.0 Å². The average Bonchev–Trinajstić information content (AvgIpc) is 3.58. The molecule has 2 atom stereocenters. The second-order valence-corrected chi connectivity index (χ2v) is 9.37. The Bertz CT molecular complexity index is 1350. The van der Waals surface area contributed by atoms with E-state index in [-0.39, 0.29) is 38.5 Å². The molecule has 0 N–H and O–H groups in total. The Hall–Kier alpha value is -4.23. The molecule has 1 aromatic carbocycles. The maximum absolute atomic E-state index is 15.1. The summed E-state index contributed by atoms with van der Waals surface area (Å²) < 4.78 is 33.2. The zero-order chi connectivity index (χ0) is 27.4. The molecule has 1 saturated heterocycles. The largest absolute Gasteiger partial charge is 0.442 e. The third-order valence-electron chi connectivity index (χ3n) is 6.39. The number of cyclic esters (lactones) is 1. The molecule has 5 rings (SSSR count). The zero-order valence-corrected chi connectivity index (χ0v) is 21.6. The predicted octanol–water partition coefficient (Wildman–Crippen LogP) is 2.14. The zero-order valence-electron chi connectivity index (χ0n) is 21.6. The number of carbonyl (C=O) groups is 2. The molecule has 1 fully saturated rings. The number of likely N-dealkylation sites (N-methyl/N-ethyl adjacent to an activating group) is 1. The van der Waals surface area contributed by atoms with Crippen molar-refractivity contribution in [1.29, 1.82) is 0 Å². The predicted molar refractivity (Wildman–Crippen MR) is 138 cm³/mol. The maximum atomic E-state index is 15.1. The van der Waals surface area contributed by atoms with Crippen molar-refractivity contribution in [2.24, 2.45) is 4.99 Å². The lowest BCUT2D eigenvalue weighted by Crippen LogP contribution is -2.32. The molecule has 2 aromatic heterocycles. The Morgan fingerprint density at radius 3 is 2.82 bits per heavy atom. The Kier molecular flexibility index (Phi) is 7.89. The number of aliphatic imine (C=N–C) groups is 1. The number of amides is 2. The van der Waals surface area contributed by atoms with Crippen LogP contribution in [0, 0.1) is 5.82 Å². The monoisotopic (exact) mass is 537 g/mol. The van der Waals surface area contributed by atoms with E-state index in [0.29, 0.717) is 35.5 Å². The highest BCUT2D eigenvalue weighted by molar-refractivity contribution is 5.99. The van der Waals surface area contributed by atoms with E-state index in [1.807, 2.05) is 0 Å². The van der Waals surface area contributed by atoms with Crippen molar-refractivity contribution in [2.75, 3.05) is 45.5 Å². The van der Waals surface area contributed by atoms with E-state index in [2.05, 4.69) is 20.3 Å². The van der Waals surface area contributed by atoms with E-state index in [1.165, 1.54) is 15.9 Å². The quantitative estimate of drug-likeness (QED) is 0.407. The van der Waals surface area contributed by atoms with Crippen molar-refractivity contribution >= 4 is 23.4 Å². The first-order valence-corrected chi connectivity index (χ1v) is 12.4. The summed E-state index contributed by atoms with van der Waals surface area (Å²) in [6, 6.07) is 8.18. The first-order chi connectivity index (χ1) is 18.9. The number of halogens is 1. The maximum Gasteiger partial charge on any atom is 0.414 e. The number of aromatic nitrogens is 4. The van der Waals surface area contributed by atoms with Crippen molar-refractivity contribution in [2.45, 2.75) is 25.2 Å². The minimum Gasteiger partial charge on any atom is -0.442 e. The number of hydrogen-bond acceptors (Lipinski definition) is 9. The topological polar surface area (TPSA) is 124 Å². The highest BCUT2D eigenvalue weighted by Gasteiger charge is 2.33. The van der Waals surface area contributed by atoms with E-state index in [9.17, 15) is 9.59 Å². The molecule has 0 unspecified atom stereocenters. The molecule has 0 aliphatic carbocycles. The van der Waals surface area contributed by atoms with Gasteiger partial charge in [-0.1, -0.05) is 11.3 Å². The summed E-state index contributed by atoms with van der Waals surface area (Å²) >= 11 is 0. The lowest BCUT2D eigenvalue weighted by molar-refractivity contribution is -0.135. The smallest absolute Gasteiger partial charge is 0.414 e. The fraction of sp³-hybridized carbons (Fsp3) is 0.385. The van der Waals surface area contributed by atoms with Crippen LogP contribution >= 0.6 is 0 Å². The molecule has 13 heteroatoms. The van der Waals surface area contributed by atoms with Crippen LogP contribution in [0.3, 0.4) is 0 Å². The van der Waals surface area contributed by atoms with Gasteiger partial charge in [0.05, 0.1) is 49.1 Å². The molecule has 0 bridgehead atoms. The number of nitrogens with zero attached hydrogens (tertiary/aromatic N) is 7. The van der Waals surface area contributed by atoms with Crippen LogP contribution in [0.2, 0.25) is 0 Å².